The van der Waals surface area contributed by atoms with Gasteiger partial charge in [0, 0.05) is 35.1 Å². The van der Waals surface area contributed by atoms with Crippen LogP contribution >= 0.6 is 23.2 Å². The lowest BCUT2D eigenvalue weighted by Crippen LogP contribution is -2.62. The number of benzene rings is 3. The normalized spacial score (nSPS) is 19.4. The molecular formula is C28H23Cl2N3O3. The molecule has 2 amide bonds. The minimum Gasteiger partial charge on any atom is -0.496 e. The Kier molecular flexibility index (Phi) is 5.66. The fourth-order valence-electron chi connectivity index (χ4n) is 5.53. The van der Waals surface area contributed by atoms with Gasteiger partial charge in [0.05, 0.1) is 17.2 Å². The first kappa shape index (κ1) is 23.0. The molecule has 8 heteroatoms. The molecule has 6 nitrogen and oxygen atoms in total. The second-order valence-electron chi connectivity index (χ2n) is 9.17. The molecule has 182 valence electrons. The Morgan fingerprint density at radius 1 is 1.00 bits per heavy atom. The number of hydrogen-bond donors (Lipinski definition) is 1. The number of carbonyl (C=O) groups is 2. The Morgan fingerprint density at radius 3 is 2.58 bits per heavy atom. The van der Waals surface area contributed by atoms with E-state index >= 15 is 0 Å². The van der Waals surface area contributed by atoms with Gasteiger partial charge in [-0.1, -0.05) is 65.7 Å². The molecular weight excluding hydrogens is 497 g/mol. The van der Waals surface area contributed by atoms with E-state index in [-0.39, 0.29) is 24.9 Å². The number of nitrogens with zero attached hydrogens (tertiary/aromatic N) is 2. The Bertz CT molecular complexity index is 1520. The summed E-state index contributed by atoms with van der Waals surface area (Å²) in [5, 5.41) is 1.93. The maximum absolute atomic E-state index is 13.9. The number of H-pyrrole nitrogens is 1. The van der Waals surface area contributed by atoms with Gasteiger partial charge >= 0.3 is 0 Å². The average Bonchev–Trinajstić information content (AvgIpc) is 3.26. The third-order valence-corrected chi connectivity index (χ3v) is 7.87. The highest BCUT2D eigenvalue weighted by atomic mass is 35.5. The molecule has 36 heavy (non-hydrogen) atoms. The number of aromatic nitrogens is 1. The molecule has 1 saturated heterocycles. The van der Waals surface area contributed by atoms with Crippen molar-refractivity contribution in [1.29, 1.82) is 0 Å². The van der Waals surface area contributed by atoms with Crippen molar-refractivity contribution in [2.45, 2.75) is 25.0 Å². The van der Waals surface area contributed by atoms with Gasteiger partial charge in [0.15, 0.2) is 0 Å². The average molecular weight is 520 g/mol. The quantitative estimate of drug-likeness (QED) is 0.394. The minimum absolute atomic E-state index is 0.0171. The van der Waals surface area contributed by atoms with Crippen molar-refractivity contribution >= 4 is 45.9 Å². The van der Waals surface area contributed by atoms with Gasteiger partial charge in [0.25, 0.3) is 0 Å². The van der Waals surface area contributed by atoms with Crippen molar-refractivity contribution in [1.82, 2.24) is 14.8 Å². The topological polar surface area (TPSA) is 65.6 Å². The van der Waals surface area contributed by atoms with Crippen LogP contribution in [0.2, 0.25) is 10.0 Å². The highest BCUT2D eigenvalue weighted by molar-refractivity contribution is 6.42. The zero-order chi connectivity index (χ0) is 25.0. The molecule has 3 heterocycles. The third-order valence-electron chi connectivity index (χ3n) is 7.13. The lowest BCUT2D eigenvalue weighted by Gasteiger charge is -2.47. The molecule has 0 saturated carbocycles. The zero-order valence-corrected chi connectivity index (χ0v) is 21.0. The summed E-state index contributed by atoms with van der Waals surface area (Å²) < 4.78 is 5.68. The lowest BCUT2D eigenvalue weighted by atomic mass is 9.86. The van der Waals surface area contributed by atoms with E-state index in [1.54, 1.807) is 29.0 Å². The van der Waals surface area contributed by atoms with Crippen LogP contribution in [-0.2, 0) is 22.6 Å². The number of piperazine rings is 1. The van der Waals surface area contributed by atoms with E-state index in [2.05, 4.69) is 11.1 Å². The van der Waals surface area contributed by atoms with Crippen LogP contribution in [0.5, 0.6) is 5.75 Å². The van der Waals surface area contributed by atoms with Crippen LogP contribution in [0, 0.1) is 0 Å². The number of halogens is 2. The molecule has 0 aliphatic carbocycles. The summed E-state index contributed by atoms with van der Waals surface area (Å²) in [6.07, 6.45) is 0.438. The van der Waals surface area contributed by atoms with E-state index in [0.29, 0.717) is 22.2 Å². The Hall–Kier alpha value is -3.48. The highest BCUT2D eigenvalue weighted by Crippen LogP contribution is 2.45. The van der Waals surface area contributed by atoms with Crippen LogP contribution in [0.15, 0.2) is 66.7 Å². The Balaban J connectivity index is 1.46. The van der Waals surface area contributed by atoms with E-state index in [0.717, 1.165) is 33.3 Å². The summed E-state index contributed by atoms with van der Waals surface area (Å²) in [5.41, 5.74) is 4.63. The number of amides is 2. The number of fused-ring (bicyclic) bond motifs is 4. The van der Waals surface area contributed by atoms with Gasteiger partial charge in [-0.05, 0) is 35.4 Å². The molecule has 0 bridgehead atoms. The molecule has 6 rings (SSSR count). The number of rotatable bonds is 4. The monoisotopic (exact) mass is 519 g/mol. The molecule has 1 N–H and O–H groups in total. The number of para-hydroxylation sites is 2. The first-order valence-corrected chi connectivity index (χ1v) is 12.5. The summed E-state index contributed by atoms with van der Waals surface area (Å²) in [6.45, 7) is 0.267. The fraction of sp³-hybridized carbons (Fsp3) is 0.214. The number of hydrogen-bond acceptors (Lipinski definition) is 3. The van der Waals surface area contributed by atoms with Crippen molar-refractivity contribution in [3.8, 4) is 5.75 Å². The highest BCUT2D eigenvalue weighted by Gasteiger charge is 2.48. The van der Waals surface area contributed by atoms with E-state index in [1.807, 2.05) is 48.5 Å². The SMILES string of the molecule is COc1ccccc1[C@H]1c2[nH]c3ccccc3c2C[C@H]2C(=O)N(Cc3ccc(Cl)c(Cl)c3)CC(=O)N12. The first-order chi connectivity index (χ1) is 17.5. The van der Waals surface area contributed by atoms with Crippen LogP contribution < -0.4 is 4.74 Å². The molecule has 2 aliphatic rings. The van der Waals surface area contributed by atoms with Gasteiger partial charge in [-0.3, -0.25) is 9.59 Å². The van der Waals surface area contributed by atoms with E-state index in [4.69, 9.17) is 27.9 Å². The number of ether oxygens (including phenoxy) is 1. The number of carbonyl (C=O) groups excluding carboxylic acids is 2. The predicted molar refractivity (Wildman–Crippen MR) is 139 cm³/mol. The van der Waals surface area contributed by atoms with Crippen molar-refractivity contribution in [2.24, 2.45) is 0 Å². The van der Waals surface area contributed by atoms with Crippen molar-refractivity contribution in [2.75, 3.05) is 13.7 Å². The van der Waals surface area contributed by atoms with E-state index < -0.39 is 12.1 Å². The zero-order valence-electron chi connectivity index (χ0n) is 19.5. The molecule has 3 aromatic carbocycles. The van der Waals surface area contributed by atoms with Gasteiger partial charge in [-0.2, -0.15) is 0 Å². The second-order valence-corrected chi connectivity index (χ2v) is 9.99. The van der Waals surface area contributed by atoms with E-state index in [1.165, 1.54) is 0 Å². The minimum atomic E-state index is -0.629. The van der Waals surface area contributed by atoms with Gasteiger partial charge in [0.1, 0.15) is 24.4 Å². The van der Waals surface area contributed by atoms with Crippen LogP contribution in [0.3, 0.4) is 0 Å². The van der Waals surface area contributed by atoms with Gasteiger partial charge in [-0.15, -0.1) is 0 Å². The fourth-order valence-corrected chi connectivity index (χ4v) is 5.85. The molecule has 1 fully saturated rings. The largest absolute Gasteiger partial charge is 0.496 e. The van der Waals surface area contributed by atoms with Crippen LogP contribution in [-0.4, -0.2) is 46.3 Å². The predicted octanol–water partition coefficient (Wildman–Crippen LogP) is 5.37. The Morgan fingerprint density at radius 2 is 1.78 bits per heavy atom. The third kappa shape index (κ3) is 3.64. The summed E-state index contributed by atoms with van der Waals surface area (Å²) in [4.78, 5) is 34.5. The first-order valence-electron chi connectivity index (χ1n) is 11.7. The van der Waals surface area contributed by atoms with Gasteiger partial charge < -0.3 is 19.5 Å². The summed E-state index contributed by atoms with van der Waals surface area (Å²) in [5.74, 6) is 0.475. The maximum Gasteiger partial charge on any atom is 0.246 e. The smallest absolute Gasteiger partial charge is 0.246 e. The van der Waals surface area contributed by atoms with E-state index in [9.17, 15) is 9.59 Å². The summed E-state index contributed by atoms with van der Waals surface area (Å²) in [7, 11) is 1.62. The van der Waals surface area contributed by atoms with Crippen LogP contribution in [0.4, 0.5) is 0 Å². The molecule has 0 spiro atoms. The number of methoxy groups -OCH3 is 1. The molecule has 0 unspecified atom stereocenters. The molecule has 0 radical (unpaired) electrons. The van der Waals surface area contributed by atoms with Crippen LogP contribution in [0.25, 0.3) is 10.9 Å². The van der Waals surface area contributed by atoms with Crippen molar-refractivity contribution < 1.29 is 14.3 Å². The lowest BCUT2D eigenvalue weighted by molar-refractivity contribution is -0.159. The molecule has 4 aromatic rings. The number of nitrogens with one attached hydrogen (secondary N) is 1. The van der Waals surface area contributed by atoms with Crippen LogP contribution in [0.1, 0.15) is 28.4 Å². The van der Waals surface area contributed by atoms with Crippen molar-refractivity contribution in [3.63, 3.8) is 0 Å². The standard InChI is InChI=1S/C28H23Cl2N3O3/c1-36-24-9-5-3-7-18(24)27-26-19(17-6-2-4-8-22(17)31-26)13-23-28(35)32(15-25(34)33(23)27)14-16-10-11-20(29)21(30)12-16/h2-12,23,27,31H,13-15H2,1H3/t23-,27-/m0/s1. The number of aromatic amines is 1. The summed E-state index contributed by atoms with van der Waals surface area (Å²) in [6, 6.07) is 19.9. The summed E-state index contributed by atoms with van der Waals surface area (Å²) >= 11 is 12.3. The van der Waals surface area contributed by atoms with Crippen molar-refractivity contribution in [3.05, 3.63) is 99.2 Å². The molecule has 1 aromatic heterocycles. The Labute approximate surface area is 218 Å². The maximum atomic E-state index is 13.9. The van der Waals surface area contributed by atoms with Gasteiger partial charge in [-0.25, -0.2) is 0 Å². The molecule has 2 aliphatic heterocycles. The second kappa shape index (κ2) is 8.87. The van der Waals surface area contributed by atoms with Gasteiger partial charge in [0.2, 0.25) is 11.8 Å². The molecule has 2 atom stereocenters.